The number of fused-ring (bicyclic) bond motifs is 3. The van der Waals surface area contributed by atoms with Gasteiger partial charge in [-0.25, -0.2) is 9.78 Å². The van der Waals surface area contributed by atoms with Gasteiger partial charge in [0.2, 0.25) is 17.5 Å². The molecule has 4 heterocycles. The van der Waals surface area contributed by atoms with Gasteiger partial charge < -0.3 is 18.6 Å². The lowest BCUT2D eigenvalue weighted by Gasteiger charge is -2.40. The maximum atomic E-state index is 13.0. The lowest BCUT2D eigenvalue weighted by Crippen LogP contribution is -2.55. The number of carbonyl (C=O) groups is 2. The number of carbonyl (C=O) groups excluding carboxylic acids is 2. The second kappa shape index (κ2) is 8.50. The van der Waals surface area contributed by atoms with Crippen LogP contribution in [0, 0.1) is 5.92 Å². The summed E-state index contributed by atoms with van der Waals surface area (Å²) in [6.07, 6.45) is -0.842. The van der Waals surface area contributed by atoms with E-state index in [2.05, 4.69) is 54.1 Å². The van der Waals surface area contributed by atoms with E-state index in [0.29, 0.717) is 0 Å². The fraction of sp³-hybridized carbons (Fsp3) is 0.682. The molecule has 12 nitrogen and oxygen atoms in total. The topological polar surface area (TPSA) is 147 Å². The number of amides is 1. The number of esters is 1. The van der Waals surface area contributed by atoms with Crippen molar-refractivity contribution in [2.45, 2.75) is 76.8 Å². The standard InChI is InChI=1S/C22H33N5O7Si/c1-11(2)16(28)25-20-24-15-12(17(29)26-20)23-10-27(15)18-13-14(34-35(7,8)21(3,4)5)22(33-18,9-32-13)19(30)31-6/h10-11,13-14,18H,9H2,1-8H3,(H2,24,25,26,28,29)/t13?,14-,18-,22+/m1/s1. The summed E-state index contributed by atoms with van der Waals surface area (Å²) in [5.74, 6) is -1.21. The van der Waals surface area contributed by atoms with Gasteiger partial charge in [-0.2, -0.15) is 4.98 Å². The van der Waals surface area contributed by atoms with Crippen molar-refractivity contribution in [2.75, 3.05) is 19.0 Å². The second-order valence-corrected chi connectivity index (χ2v) is 15.6. The van der Waals surface area contributed by atoms with E-state index in [1.807, 2.05) is 0 Å². The van der Waals surface area contributed by atoms with E-state index in [1.165, 1.54) is 18.0 Å². The minimum Gasteiger partial charge on any atom is -0.467 e. The van der Waals surface area contributed by atoms with Crippen LogP contribution < -0.4 is 10.9 Å². The largest absolute Gasteiger partial charge is 0.467 e. The van der Waals surface area contributed by atoms with Gasteiger partial charge in [-0.05, 0) is 18.1 Å². The van der Waals surface area contributed by atoms with Gasteiger partial charge in [0, 0.05) is 5.92 Å². The van der Waals surface area contributed by atoms with Crippen LogP contribution in [-0.2, 0) is 28.2 Å². The number of anilines is 1. The molecule has 0 radical (unpaired) electrons. The number of aromatic amines is 1. The van der Waals surface area contributed by atoms with E-state index >= 15 is 0 Å². The minimum atomic E-state index is -2.35. The Bertz CT molecular complexity index is 1220. The zero-order valence-corrected chi connectivity index (χ0v) is 22.3. The van der Waals surface area contributed by atoms with Gasteiger partial charge in [0.05, 0.1) is 20.0 Å². The average molecular weight is 508 g/mol. The molecule has 4 atom stereocenters. The van der Waals surface area contributed by atoms with Crippen LogP contribution in [0.1, 0.15) is 40.8 Å². The van der Waals surface area contributed by atoms with Crippen LogP contribution >= 0.6 is 0 Å². The zero-order valence-electron chi connectivity index (χ0n) is 21.3. The molecule has 0 saturated carbocycles. The lowest BCUT2D eigenvalue weighted by molar-refractivity contribution is -0.200. The highest BCUT2D eigenvalue weighted by Gasteiger charge is 2.69. The number of methoxy groups -OCH3 is 1. The number of nitrogens with one attached hydrogen (secondary N) is 2. The summed E-state index contributed by atoms with van der Waals surface area (Å²) in [5.41, 5.74) is -1.74. The number of imidazole rings is 1. The highest BCUT2D eigenvalue weighted by molar-refractivity contribution is 6.74. The SMILES string of the molecule is COC(=O)[C@@]12COC([C@H](n3cnc4c(=O)[nH]c(NC(=O)C(C)C)nc43)O1)[C@H]2O[Si](C)(C)C(C)(C)C. The third-order valence-electron chi connectivity index (χ3n) is 7.09. The Morgan fingerprint density at radius 2 is 2.03 bits per heavy atom. The fourth-order valence-corrected chi connectivity index (χ4v) is 5.28. The highest BCUT2D eigenvalue weighted by Crippen LogP contribution is 2.50. The first-order valence-corrected chi connectivity index (χ1v) is 14.5. The van der Waals surface area contributed by atoms with Gasteiger partial charge in [0.1, 0.15) is 12.2 Å². The fourth-order valence-electron chi connectivity index (χ4n) is 3.97. The molecule has 2 aliphatic rings. The van der Waals surface area contributed by atoms with Gasteiger partial charge >= 0.3 is 5.97 Å². The molecule has 0 aromatic carbocycles. The van der Waals surface area contributed by atoms with Crippen molar-refractivity contribution >= 4 is 37.3 Å². The summed E-state index contributed by atoms with van der Waals surface area (Å²) in [5, 5.41) is 2.47. The first kappa shape index (κ1) is 25.5. The molecular formula is C22H33N5O7Si. The van der Waals surface area contributed by atoms with Gasteiger partial charge in [-0.1, -0.05) is 34.6 Å². The van der Waals surface area contributed by atoms with Gasteiger partial charge in [-0.15, -0.1) is 0 Å². The molecule has 2 fully saturated rings. The Morgan fingerprint density at radius 1 is 1.34 bits per heavy atom. The monoisotopic (exact) mass is 507 g/mol. The number of rotatable bonds is 6. The van der Waals surface area contributed by atoms with Crippen LogP contribution in [0.15, 0.2) is 11.1 Å². The quantitative estimate of drug-likeness (QED) is 0.442. The molecular weight excluding hydrogens is 474 g/mol. The van der Waals surface area contributed by atoms with Crippen molar-refractivity contribution in [1.29, 1.82) is 0 Å². The number of H-pyrrole nitrogens is 1. The summed E-state index contributed by atoms with van der Waals surface area (Å²) >= 11 is 0. The van der Waals surface area contributed by atoms with E-state index in [9.17, 15) is 14.4 Å². The number of nitrogens with zero attached hydrogens (tertiary/aromatic N) is 3. The summed E-state index contributed by atoms with van der Waals surface area (Å²) in [7, 11) is -1.05. The third kappa shape index (κ3) is 4.09. The maximum Gasteiger partial charge on any atom is 0.343 e. The predicted molar refractivity (Wildman–Crippen MR) is 128 cm³/mol. The highest BCUT2D eigenvalue weighted by atomic mass is 28.4. The van der Waals surface area contributed by atoms with E-state index in [4.69, 9.17) is 18.6 Å². The van der Waals surface area contributed by atoms with E-state index in [0.717, 1.165) is 0 Å². The summed E-state index contributed by atoms with van der Waals surface area (Å²) in [6.45, 7) is 13.9. The second-order valence-electron chi connectivity index (χ2n) is 10.8. The predicted octanol–water partition coefficient (Wildman–Crippen LogP) is 1.94. The third-order valence-corrected chi connectivity index (χ3v) is 11.5. The Hall–Kier alpha value is -2.61. The Kier molecular flexibility index (Phi) is 6.19. The molecule has 4 rings (SSSR count). The zero-order chi connectivity index (χ0) is 25.9. The normalized spacial score (nSPS) is 26.5. The molecule has 192 valence electrons. The first-order chi connectivity index (χ1) is 16.2. The van der Waals surface area contributed by atoms with Crippen molar-refractivity contribution in [1.82, 2.24) is 19.5 Å². The number of ether oxygens (including phenoxy) is 3. The van der Waals surface area contributed by atoms with E-state index in [1.54, 1.807) is 13.8 Å². The van der Waals surface area contributed by atoms with Gasteiger partial charge in [0.25, 0.3) is 5.56 Å². The Balaban J connectivity index is 1.76. The molecule has 1 unspecified atom stereocenters. The molecule has 35 heavy (non-hydrogen) atoms. The van der Waals surface area contributed by atoms with Gasteiger partial charge in [0.15, 0.2) is 25.7 Å². The summed E-state index contributed by atoms with van der Waals surface area (Å²) in [4.78, 5) is 48.9. The Morgan fingerprint density at radius 3 is 2.63 bits per heavy atom. The summed E-state index contributed by atoms with van der Waals surface area (Å²) in [6, 6.07) is 0. The van der Waals surface area contributed by atoms with Crippen molar-refractivity contribution in [3.05, 3.63) is 16.7 Å². The van der Waals surface area contributed by atoms with Crippen LogP contribution in [-0.4, -0.2) is 71.2 Å². The van der Waals surface area contributed by atoms with Crippen LogP contribution in [0.2, 0.25) is 18.1 Å². The molecule has 2 aromatic rings. The van der Waals surface area contributed by atoms with Crippen molar-refractivity contribution < 1.29 is 28.2 Å². The molecule has 2 bridgehead atoms. The number of hydrogen-bond donors (Lipinski definition) is 2. The maximum absolute atomic E-state index is 13.0. The van der Waals surface area contributed by atoms with Gasteiger partial charge in [-0.3, -0.25) is 24.5 Å². The van der Waals surface area contributed by atoms with Crippen molar-refractivity contribution in [2.24, 2.45) is 5.92 Å². The number of hydrogen-bond acceptors (Lipinski definition) is 9. The average Bonchev–Trinajstić information content (AvgIpc) is 3.42. The molecule has 0 spiro atoms. The van der Waals surface area contributed by atoms with Crippen LogP contribution in [0.25, 0.3) is 11.2 Å². The first-order valence-electron chi connectivity index (χ1n) is 11.6. The minimum absolute atomic E-state index is 0.0104. The van der Waals surface area contributed by atoms with Crippen molar-refractivity contribution in [3.63, 3.8) is 0 Å². The molecule has 2 saturated heterocycles. The molecule has 1 amide bonds. The molecule has 2 aromatic heterocycles. The molecule has 2 aliphatic heterocycles. The van der Waals surface area contributed by atoms with Crippen LogP contribution in [0.3, 0.4) is 0 Å². The smallest absolute Gasteiger partial charge is 0.343 e. The molecule has 2 N–H and O–H groups in total. The van der Waals surface area contributed by atoms with Crippen LogP contribution in [0.5, 0.6) is 0 Å². The van der Waals surface area contributed by atoms with Crippen LogP contribution in [0.4, 0.5) is 5.95 Å². The van der Waals surface area contributed by atoms with E-state index < -0.39 is 43.9 Å². The van der Waals surface area contributed by atoms with E-state index in [-0.39, 0.29) is 40.6 Å². The molecule has 0 aliphatic carbocycles. The van der Waals surface area contributed by atoms with Crippen molar-refractivity contribution in [3.8, 4) is 0 Å². The Labute approximate surface area is 203 Å². The number of aromatic nitrogens is 4. The summed E-state index contributed by atoms with van der Waals surface area (Å²) < 4.78 is 25.6. The lowest BCUT2D eigenvalue weighted by atomic mass is 9.99. The molecule has 13 heteroatoms.